The lowest BCUT2D eigenvalue weighted by Gasteiger charge is -2.56. The number of nitrogens with one attached hydrogen (secondary N) is 1. The van der Waals surface area contributed by atoms with Crippen LogP contribution in [-0.2, 0) is 11.2 Å². The Bertz CT molecular complexity index is 1480. The summed E-state index contributed by atoms with van der Waals surface area (Å²) >= 11 is 0. The Hall–Kier alpha value is -4.40. The molecule has 2 aromatic carbocycles. The Morgan fingerprint density at radius 3 is 2.32 bits per heavy atom. The molecule has 9 heteroatoms. The van der Waals surface area contributed by atoms with Gasteiger partial charge in [0.15, 0.2) is 5.82 Å². The third kappa shape index (κ3) is 5.89. The number of phenols is 1. The van der Waals surface area contributed by atoms with Gasteiger partial charge in [-0.1, -0.05) is 18.2 Å². The first-order chi connectivity index (χ1) is 19.4. The summed E-state index contributed by atoms with van der Waals surface area (Å²) in [5, 5.41) is 26.4. The third-order valence-corrected chi connectivity index (χ3v) is 8.20. The first kappa shape index (κ1) is 28.1. The summed E-state index contributed by atoms with van der Waals surface area (Å²) in [4.78, 5) is 17.8. The molecule has 0 radical (unpaired) electrons. The van der Waals surface area contributed by atoms with E-state index in [2.05, 4.69) is 57.9 Å². The molecule has 0 saturated carbocycles. The van der Waals surface area contributed by atoms with Crippen molar-refractivity contribution in [1.82, 2.24) is 25.3 Å². The molecule has 1 saturated heterocycles. The SMILES string of the molecule is CN(c1ccc(-c2ccc(-c3cn[nH]c3)cc2O)nn1)C1CC(C)(C)N(C(=O)CCc2ccc(N)cc2)C(C)(C)C1. The maximum atomic E-state index is 13.5. The van der Waals surface area contributed by atoms with Gasteiger partial charge in [0.2, 0.25) is 5.91 Å². The van der Waals surface area contributed by atoms with E-state index in [9.17, 15) is 9.90 Å². The lowest BCUT2D eigenvalue weighted by Crippen LogP contribution is -2.65. The summed E-state index contributed by atoms with van der Waals surface area (Å²) in [5.74, 6) is 1.06. The number of benzene rings is 2. The summed E-state index contributed by atoms with van der Waals surface area (Å²) in [6.07, 6.45) is 6.25. The number of anilines is 2. The smallest absolute Gasteiger partial charge is 0.223 e. The number of likely N-dealkylation sites (tertiary alicyclic amines) is 1. The molecule has 9 nitrogen and oxygen atoms in total. The highest BCUT2D eigenvalue weighted by molar-refractivity contribution is 5.78. The van der Waals surface area contributed by atoms with Gasteiger partial charge < -0.3 is 20.6 Å². The number of carbonyl (C=O) groups is 1. The van der Waals surface area contributed by atoms with Crippen molar-refractivity contribution in [3.05, 3.63) is 72.6 Å². The molecule has 4 aromatic rings. The minimum Gasteiger partial charge on any atom is -0.507 e. The molecule has 0 unspecified atom stereocenters. The Morgan fingerprint density at radius 1 is 1.02 bits per heavy atom. The largest absolute Gasteiger partial charge is 0.507 e. The summed E-state index contributed by atoms with van der Waals surface area (Å²) in [7, 11) is 2.04. The number of hydrogen-bond acceptors (Lipinski definition) is 7. The second-order valence-electron chi connectivity index (χ2n) is 12.3. The van der Waals surface area contributed by atoms with E-state index in [-0.39, 0.29) is 28.8 Å². The Morgan fingerprint density at radius 2 is 1.73 bits per heavy atom. The first-order valence-corrected chi connectivity index (χ1v) is 14.0. The van der Waals surface area contributed by atoms with Crippen molar-refractivity contribution in [3.63, 3.8) is 0 Å². The summed E-state index contributed by atoms with van der Waals surface area (Å²) in [6, 6.07) is 17.2. The summed E-state index contributed by atoms with van der Waals surface area (Å²) in [5.41, 5.74) is 9.95. The van der Waals surface area contributed by atoms with Crippen molar-refractivity contribution in [3.8, 4) is 28.1 Å². The first-order valence-electron chi connectivity index (χ1n) is 14.0. The van der Waals surface area contributed by atoms with Crippen molar-refractivity contribution in [2.75, 3.05) is 17.7 Å². The van der Waals surface area contributed by atoms with Gasteiger partial charge in [0.05, 0.1) is 11.9 Å². The molecule has 41 heavy (non-hydrogen) atoms. The number of nitrogen functional groups attached to an aromatic ring is 1. The van der Waals surface area contributed by atoms with Gasteiger partial charge in [-0.2, -0.15) is 5.10 Å². The van der Waals surface area contributed by atoms with Crippen molar-refractivity contribution in [2.24, 2.45) is 0 Å². The van der Waals surface area contributed by atoms with Gasteiger partial charge in [-0.05, 0) is 94.5 Å². The van der Waals surface area contributed by atoms with E-state index in [0.717, 1.165) is 41.0 Å². The number of amides is 1. The number of aromatic hydroxyl groups is 1. The fourth-order valence-electron chi connectivity index (χ4n) is 6.40. The van der Waals surface area contributed by atoms with Crippen molar-refractivity contribution >= 4 is 17.4 Å². The van der Waals surface area contributed by atoms with Gasteiger partial charge in [-0.3, -0.25) is 9.89 Å². The number of phenolic OH excluding ortho intramolecular Hbond substituents is 1. The molecule has 1 amide bonds. The molecule has 0 aliphatic carbocycles. The van der Waals surface area contributed by atoms with Crippen LogP contribution in [0, 0.1) is 0 Å². The number of piperidine rings is 1. The lowest BCUT2D eigenvalue weighted by atomic mass is 9.76. The highest BCUT2D eigenvalue weighted by Gasteiger charge is 2.48. The van der Waals surface area contributed by atoms with Crippen molar-refractivity contribution in [1.29, 1.82) is 0 Å². The van der Waals surface area contributed by atoms with Crippen LogP contribution in [0.5, 0.6) is 5.75 Å². The summed E-state index contributed by atoms with van der Waals surface area (Å²) in [6.45, 7) is 8.61. The quantitative estimate of drug-likeness (QED) is 0.260. The molecule has 3 heterocycles. The number of nitrogens with two attached hydrogens (primary N) is 1. The van der Waals surface area contributed by atoms with Gasteiger partial charge in [0, 0.05) is 53.6 Å². The molecule has 2 aromatic heterocycles. The van der Waals surface area contributed by atoms with E-state index < -0.39 is 0 Å². The average molecular weight is 554 g/mol. The zero-order valence-corrected chi connectivity index (χ0v) is 24.4. The molecular weight excluding hydrogens is 514 g/mol. The van der Waals surface area contributed by atoms with E-state index in [1.807, 2.05) is 55.6 Å². The zero-order valence-electron chi connectivity index (χ0n) is 24.4. The van der Waals surface area contributed by atoms with Crippen molar-refractivity contribution in [2.45, 2.75) is 70.5 Å². The minimum absolute atomic E-state index is 0.135. The predicted octanol–water partition coefficient (Wildman–Crippen LogP) is 5.44. The van der Waals surface area contributed by atoms with Crippen LogP contribution >= 0.6 is 0 Å². The maximum Gasteiger partial charge on any atom is 0.223 e. The fraction of sp³-hybridized carbons (Fsp3) is 0.375. The molecule has 214 valence electrons. The van der Waals surface area contributed by atoms with Gasteiger partial charge in [-0.15, -0.1) is 10.2 Å². The molecule has 0 atom stereocenters. The second-order valence-corrected chi connectivity index (χ2v) is 12.3. The molecular formula is C32H39N7O2. The molecule has 1 aliphatic heterocycles. The normalized spacial score (nSPS) is 16.5. The highest BCUT2D eigenvalue weighted by Crippen LogP contribution is 2.41. The Labute approximate surface area is 241 Å². The van der Waals surface area contributed by atoms with E-state index in [0.29, 0.717) is 24.1 Å². The van der Waals surface area contributed by atoms with E-state index in [4.69, 9.17) is 5.73 Å². The number of aryl methyl sites for hydroxylation is 1. The molecule has 4 N–H and O–H groups in total. The Balaban J connectivity index is 1.27. The Kier molecular flexibility index (Phi) is 7.46. The van der Waals surface area contributed by atoms with Crippen LogP contribution in [0.25, 0.3) is 22.4 Å². The van der Waals surface area contributed by atoms with E-state index in [1.165, 1.54) is 0 Å². The van der Waals surface area contributed by atoms with Gasteiger partial charge in [-0.25, -0.2) is 0 Å². The van der Waals surface area contributed by atoms with Crippen LogP contribution < -0.4 is 10.6 Å². The van der Waals surface area contributed by atoms with Crippen LogP contribution in [-0.4, -0.2) is 60.5 Å². The number of nitrogens with zero attached hydrogens (tertiary/aromatic N) is 5. The molecule has 1 aliphatic rings. The number of aromatic nitrogens is 4. The van der Waals surface area contributed by atoms with Gasteiger partial charge >= 0.3 is 0 Å². The van der Waals surface area contributed by atoms with Crippen LogP contribution in [0.2, 0.25) is 0 Å². The number of H-pyrrole nitrogens is 1. The third-order valence-electron chi connectivity index (χ3n) is 8.20. The second kappa shape index (κ2) is 10.9. The number of hydrogen-bond donors (Lipinski definition) is 3. The van der Waals surface area contributed by atoms with E-state index in [1.54, 1.807) is 18.5 Å². The fourth-order valence-corrected chi connectivity index (χ4v) is 6.40. The maximum absolute atomic E-state index is 13.5. The van der Waals surface area contributed by atoms with Crippen LogP contribution in [0.15, 0.2) is 67.0 Å². The molecule has 0 bridgehead atoms. The van der Waals surface area contributed by atoms with E-state index >= 15 is 0 Å². The topological polar surface area (TPSA) is 124 Å². The van der Waals surface area contributed by atoms with Crippen molar-refractivity contribution < 1.29 is 9.90 Å². The molecule has 5 rings (SSSR count). The number of carbonyl (C=O) groups excluding carboxylic acids is 1. The van der Waals surface area contributed by atoms with Crippen LogP contribution in [0.1, 0.15) is 52.5 Å². The van der Waals surface area contributed by atoms with Crippen LogP contribution in [0.4, 0.5) is 11.5 Å². The standard InChI is InChI=1S/C32H39N7O2/c1-31(2)17-25(18-32(3,4)39(31)30(41)15-8-21-6-10-24(33)11-7-21)38(5)29-14-13-27(36-37-29)26-12-9-22(16-28(26)40)23-19-34-35-20-23/h6-7,9-14,16,19-20,25,40H,8,15,17-18,33H2,1-5H3,(H,34,35). The highest BCUT2D eigenvalue weighted by atomic mass is 16.3. The monoisotopic (exact) mass is 553 g/mol. The molecule has 1 fully saturated rings. The number of rotatable bonds is 7. The van der Waals surface area contributed by atoms with Gasteiger partial charge in [0.1, 0.15) is 5.75 Å². The predicted molar refractivity (Wildman–Crippen MR) is 162 cm³/mol. The van der Waals surface area contributed by atoms with Crippen LogP contribution in [0.3, 0.4) is 0 Å². The summed E-state index contributed by atoms with van der Waals surface area (Å²) < 4.78 is 0. The number of aromatic amines is 1. The lowest BCUT2D eigenvalue weighted by molar-refractivity contribution is -0.149. The minimum atomic E-state index is -0.339. The zero-order chi connectivity index (χ0) is 29.4. The average Bonchev–Trinajstić information content (AvgIpc) is 3.46. The van der Waals surface area contributed by atoms with Gasteiger partial charge in [0.25, 0.3) is 0 Å². The molecule has 0 spiro atoms.